The summed E-state index contributed by atoms with van der Waals surface area (Å²) in [7, 11) is 0. The average molecular weight is 323 g/mol. The third kappa shape index (κ3) is 3.65. The predicted octanol–water partition coefficient (Wildman–Crippen LogP) is 2.56. The first-order valence-electron chi connectivity index (χ1n) is 7.38. The van der Waals surface area contributed by atoms with Crippen molar-refractivity contribution in [2.75, 3.05) is 6.61 Å². The van der Waals surface area contributed by atoms with Crippen LogP contribution in [0.25, 0.3) is 0 Å². The fraction of sp³-hybridized carbons (Fsp3) is 0.438. The Bertz CT molecular complexity index is 584. The number of carbonyl (C=O) groups excluding carboxylic acids is 2. The molecule has 118 valence electrons. The zero-order valence-electron chi connectivity index (χ0n) is 12.6. The second kappa shape index (κ2) is 7.40. The molecule has 0 saturated heterocycles. The zero-order valence-corrected chi connectivity index (χ0v) is 13.4. The maximum Gasteiger partial charge on any atom is 0.320 e. The molecule has 2 unspecified atom stereocenters. The summed E-state index contributed by atoms with van der Waals surface area (Å²) in [6.45, 7) is 3.96. The second-order valence-electron chi connectivity index (χ2n) is 5.06. The van der Waals surface area contributed by atoms with E-state index in [2.05, 4.69) is 10.3 Å². The van der Waals surface area contributed by atoms with Gasteiger partial charge in [-0.1, -0.05) is 24.9 Å². The molecule has 0 fully saturated rings. The molecule has 1 amide bonds. The van der Waals surface area contributed by atoms with Gasteiger partial charge in [-0.3, -0.25) is 14.6 Å². The molecule has 2 rings (SSSR count). The molecule has 0 bridgehead atoms. The number of amidine groups is 1. The third-order valence-corrected chi connectivity index (χ3v) is 3.70. The van der Waals surface area contributed by atoms with Crippen molar-refractivity contribution in [3.63, 3.8) is 0 Å². The van der Waals surface area contributed by atoms with E-state index in [1.54, 1.807) is 31.2 Å². The van der Waals surface area contributed by atoms with Gasteiger partial charge in [-0.25, -0.2) is 0 Å². The minimum Gasteiger partial charge on any atom is -0.465 e. The number of amides is 1. The van der Waals surface area contributed by atoms with Gasteiger partial charge < -0.3 is 10.1 Å². The summed E-state index contributed by atoms with van der Waals surface area (Å²) in [5.74, 6) is -1.29. The highest BCUT2D eigenvalue weighted by atomic mass is 35.5. The quantitative estimate of drug-likeness (QED) is 0.669. The number of ether oxygens (including phenoxy) is 1. The molecule has 22 heavy (non-hydrogen) atoms. The van der Waals surface area contributed by atoms with Crippen LogP contribution in [0.1, 0.15) is 32.3 Å². The van der Waals surface area contributed by atoms with Crippen molar-refractivity contribution in [3.05, 3.63) is 34.9 Å². The topological polar surface area (TPSA) is 67.8 Å². The molecular formula is C16H19ClN2O3. The maximum absolute atomic E-state index is 12.3. The molecule has 5 nitrogen and oxygen atoms in total. The van der Waals surface area contributed by atoms with E-state index in [1.165, 1.54) is 0 Å². The van der Waals surface area contributed by atoms with E-state index in [0.717, 1.165) is 12.0 Å². The molecule has 1 aliphatic heterocycles. The highest BCUT2D eigenvalue weighted by Gasteiger charge is 2.39. The number of aliphatic imine (C=N–C) groups is 1. The summed E-state index contributed by atoms with van der Waals surface area (Å²) < 4.78 is 5.00. The number of hydrogen-bond donors (Lipinski definition) is 1. The fourth-order valence-electron chi connectivity index (χ4n) is 2.42. The van der Waals surface area contributed by atoms with Gasteiger partial charge in [0.15, 0.2) is 5.92 Å². The van der Waals surface area contributed by atoms with E-state index in [0.29, 0.717) is 17.3 Å². The monoisotopic (exact) mass is 322 g/mol. The number of benzene rings is 1. The minimum absolute atomic E-state index is 0.245. The van der Waals surface area contributed by atoms with E-state index in [4.69, 9.17) is 16.3 Å². The highest BCUT2D eigenvalue weighted by Crippen LogP contribution is 2.22. The van der Waals surface area contributed by atoms with E-state index in [-0.39, 0.29) is 12.5 Å². The first-order valence-corrected chi connectivity index (χ1v) is 7.75. The van der Waals surface area contributed by atoms with Crippen LogP contribution in [0.4, 0.5) is 0 Å². The average Bonchev–Trinajstić information content (AvgIpc) is 2.48. The van der Waals surface area contributed by atoms with Crippen molar-refractivity contribution in [1.82, 2.24) is 5.32 Å². The van der Waals surface area contributed by atoms with Crippen molar-refractivity contribution in [2.24, 2.45) is 10.9 Å². The van der Waals surface area contributed by atoms with E-state index >= 15 is 0 Å². The first kappa shape index (κ1) is 16.5. The number of nitrogens with zero attached hydrogens (tertiary/aromatic N) is 1. The molecule has 1 aromatic carbocycles. The normalized spacial score (nSPS) is 21.0. The Labute approximate surface area is 134 Å². The lowest BCUT2D eigenvalue weighted by Crippen LogP contribution is -2.50. The number of carbonyl (C=O) groups is 2. The van der Waals surface area contributed by atoms with Crippen LogP contribution in [-0.4, -0.2) is 30.4 Å². The largest absolute Gasteiger partial charge is 0.465 e. The summed E-state index contributed by atoms with van der Waals surface area (Å²) >= 11 is 5.87. The SMILES string of the molecule is CCCC1N=C(c2ccc(Cl)cc2)NC(=O)C1C(=O)OCC. The minimum atomic E-state index is -0.879. The van der Waals surface area contributed by atoms with Gasteiger partial charge in [0, 0.05) is 10.6 Å². The van der Waals surface area contributed by atoms with Crippen LogP contribution < -0.4 is 5.32 Å². The Hall–Kier alpha value is -1.88. The molecule has 1 aliphatic rings. The van der Waals surface area contributed by atoms with Crippen LogP contribution in [0.15, 0.2) is 29.3 Å². The van der Waals surface area contributed by atoms with Gasteiger partial charge in [-0.15, -0.1) is 0 Å². The van der Waals surface area contributed by atoms with Crippen molar-refractivity contribution in [2.45, 2.75) is 32.7 Å². The van der Waals surface area contributed by atoms with E-state index < -0.39 is 17.9 Å². The Kier molecular flexibility index (Phi) is 5.55. The predicted molar refractivity (Wildman–Crippen MR) is 85.0 cm³/mol. The number of esters is 1. The molecule has 1 N–H and O–H groups in total. The summed E-state index contributed by atoms with van der Waals surface area (Å²) in [5.41, 5.74) is 0.765. The molecule has 1 aromatic rings. The van der Waals surface area contributed by atoms with Crippen LogP contribution >= 0.6 is 11.6 Å². The number of halogens is 1. The van der Waals surface area contributed by atoms with Gasteiger partial charge >= 0.3 is 5.97 Å². The number of hydrogen-bond acceptors (Lipinski definition) is 4. The van der Waals surface area contributed by atoms with Crippen molar-refractivity contribution >= 4 is 29.3 Å². The lowest BCUT2D eigenvalue weighted by molar-refractivity contribution is -0.153. The lowest BCUT2D eigenvalue weighted by atomic mass is 9.93. The van der Waals surface area contributed by atoms with Gasteiger partial charge in [0.1, 0.15) is 5.84 Å². The molecule has 0 radical (unpaired) electrons. The van der Waals surface area contributed by atoms with Gasteiger partial charge in [-0.2, -0.15) is 0 Å². The second-order valence-corrected chi connectivity index (χ2v) is 5.50. The Balaban J connectivity index is 2.31. The van der Waals surface area contributed by atoms with E-state index in [1.807, 2.05) is 6.92 Å². The van der Waals surface area contributed by atoms with Gasteiger partial charge in [0.2, 0.25) is 5.91 Å². The van der Waals surface area contributed by atoms with Crippen molar-refractivity contribution in [3.8, 4) is 0 Å². The summed E-state index contributed by atoms with van der Waals surface area (Å²) in [5, 5.41) is 3.31. The van der Waals surface area contributed by atoms with Crippen LogP contribution in [0.5, 0.6) is 0 Å². The van der Waals surface area contributed by atoms with Crippen LogP contribution in [-0.2, 0) is 14.3 Å². The standard InChI is InChI=1S/C16H19ClN2O3/c1-3-5-12-13(16(21)22-4-2)15(20)19-14(18-12)10-6-8-11(17)9-7-10/h6-9,12-13H,3-5H2,1-2H3,(H,18,19,20). The van der Waals surface area contributed by atoms with Crippen LogP contribution in [0.2, 0.25) is 5.02 Å². The highest BCUT2D eigenvalue weighted by molar-refractivity contribution is 6.30. The Morgan fingerprint density at radius 3 is 2.59 bits per heavy atom. The molecule has 0 aliphatic carbocycles. The van der Waals surface area contributed by atoms with Gasteiger partial charge in [0.05, 0.1) is 12.6 Å². The van der Waals surface area contributed by atoms with E-state index in [9.17, 15) is 9.59 Å². The molecule has 1 heterocycles. The zero-order chi connectivity index (χ0) is 16.1. The van der Waals surface area contributed by atoms with Gasteiger partial charge in [-0.05, 0) is 37.6 Å². The van der Waals surface area contributed by atoms with Crippen LogP contribution in [0.3, 0.4) is 0 Å². The number of nitrogens with one attached hydrogen (secondary N) is 1. The molecule has 2 atom stereocenters. The van der Waals surface area contributed by atoms with Crippen molar-refractivity contribution in [1.29, 1.82) is 0 Å². The Morgan fingerprint density at radius 2 is 2.00 bits per heavy atom. The number of rotatable bonds is 5. The molecule has 6 heteroatoms. The summed E-state index contributed by atoms with van der Waals surface area (Å²) in [6, 6.07) is 6.64. The third-order valence-electron chi connectivity index (χ3n) is 3.45. The molecular weight excluding hydrogens is 304 g/mol. The summed E-state index contributed by atoms with van der Waals surface area (Å²) in [4.78, 5) is 28.9. The first-order chi connectivity index (χ1) is 10.6. The molecule has 0 aromatic heterocycles. The summed E-state index contributed by atoms with van der Waals surface area (Å²) in [6.07, 6.45) is 1.47. The smallest absolute Gasteiger partial charge is 0.320 e. The maximum atomic E-state index is 12.3. The lowest BCUT2D eigenvalue weighted by Gasteiger charge is -2.27. The van der Waals surface area contributed by atoms with Gasteiger partial charge in [0.25, 0.3) is 0 Å². The fourth-order valence-corrected chi connectivity index (χ4v) is 2.55. The van der Waals surface area contributed by atoms with Crippen molar-refractivity contribution < 1.29 is 14.3 Å². The molecule has 0 saturated carbocycles. The Morgan fingerprint density at radius 1 is 1.32 bits per heavy atom. The van der Waals surface area contributed by atoms with Crippen LogP contribution in [0, 0.1) is 5.92 Å². The molecule has 0 spiro atoms.